The van der Waals surface area contributed by atoms with E-state index in [-0.39, 0.29) is 17.0 Å². The maximum absolute atomic E-state index is 12.9. The van der Waals surface area contributed by atoms with Crippen molar-refractivity contribution in [3.63, 3.8) is 0 Å². The Hall–Kier alpha value is -1.96. The van der Waals surface area contributed by atoms with Crippen molar-refractivity contribution in [1.82, 2.24) is 0 Å². The van der Waals surface area contributed by atoms with Gasteiger partial charge in [-0.2, -0.15) is 0 Å². The zero-order valence-electron chi connectivity index (χ0n) is 14.2. The Morgan fingerprint density at radius 3 is 2.57 bits per heavy atom. The molecule has 3 aliphatic rings. The first-order valence-electron chi connectivity index (χ1n) is 8.48. The van der Waals surface area contributed by atoms with E-state index in [4.69, 9.17) is 0 Å². The van der Waals surface area contributed by atoms with Crippen LogP contribution in [-0.4, -0.2) is 11.6 Å². The van der Waals surface area contributed by atoms with E-state index in [0.29, 0.717) is 11.5 Å². The lowest BCUT2D eigenvalue weighted by atomic mass is 9.72. The predicted molar refractivity (Wildman–Crippen MR) is 92.2 cm³/mol. The molecular weight excluding hydrogens is 284 g/mol. The van der Waals surface area contributed by atoms with Crippen molar-refractivity contribution in [1.29, 1.82) is 0 Å². The number of fused-ring (bicyclic) bond motifs is 4. The molecule has 4 rings (SSSR count). The molecule has 1 atom stereocenters. The maximum Gasteiger partial charge on any atom is 0.234 e. The summed E-state index contributed by atoms with van der Waals surface area (Å²) in [7, 11) is 0. The summed E-state index contributed by atoms with van der Waals surface area (Å²) >= 11 is 0. The second kappa shape index (κ2) is 4.53. The Balaban J connectivity index is 2.04. The molecule has 1 aromatic carbocycles. The topological polar surface area (TPSA) is 34.1 Å². The molecule has 0 saturated heterocycles. The molecule has 2 heteroatoms. The van der Waals surface area contributed by atoms with Crippen LogP contribution in [0.4, 0.5) is 0 Å². The van der Waals surface area contributed by atoms with E-state index in [9.17, 15) is 9.59 Å². The zero-order valence-corrected chi connectivity index (χ0v) is 14.2. The molecule has 0 bridgehead atoms. The van der Waals surface area contributed by atoms with Crippen molar-refractivity contribution in [2.75, 3.05) is 0 Å². The fraction of sp³-hybridized carbons (Fsp3) is 0.429. The van der Waals surface area contributed by atoms with Crippen LogP contribution in [0.2, 0.25) is 0 Å². The van der Waals surface area contributed by atoms with Gasteiger partial charge >= 0.3 is 0 Å². The first kappa shape index (κ1) is 14.6. The van der Waals surface area contributed by atoms with Gasteiger partial charge in [-0.25, -0.2) is 0 Å². The first-order chi connectivity index (χ1) is 10.8. The molecule has 0 amide bonds. The van der Waals surface area contributed by atoms with Gasteiger partial charge in [0, 0.05) is 11.1 Å². The third kappa shape index (κ3) is 1.81. The average Bonchev–Trinajstić information content (AvgIpc) is 2.74. The molecule has 0 saturated carbocycles. The number of benzene rings is 1. The van der Waals surface area contributed by atoms with Crippen LogP contribution in [0.15, 0.2) is 23.3 Å². The number of carbonyl (C=O) groups excluding carboxylic acids is 2. The Morgan fingerprint density at radius 1 is 1.09 bits per heavy atom. The third-order valence-corrected chi connectivity index (χ3v) is 6.19. The SMILES string of the molecule is CC1=Cc2c(ccc3c2C(=O)C(=O)C2=C3CC(C)C2(C)C)CC1. The van der Waals surface area contributed by atoms with Crippen molar-refractivity contribution in [2.45, 2.75) is 47.0 Å². The molecular formula is C21H22O2. The highest BCUT2D eigenvalue weighted by molar-refractivity contribution is 6.53. The highest BCUT2D eigenvalue weighted by atomic mass is 16.2. The summed E-state index contributed by atoms with van der Waals surface area (Å²) in [6, 6.07) is 4.23. The van der Waals surface area contributed by atoms with Gasteiger partial charge in [0.05, 0.1) is 0 Å². The number of ketones is 2. The summed E-state index contributed by atoms with van der Waals surface area (Å²) in [6.07, 6.45) is 4.99. The summed E-state index contributed by atoms with van der Waals surface area (Å²) in [5, 5.41) is 0. The number of hydrogen-bond donors (Lipinski definition) is 0. The molecule has 1 aromatic rings. The van der Waals surface area contributed by atoms with Crippen molar-refractivity contribution in [3.05, 3.63) is 45.5 Å². The Morgan fingerprint density at radius 2 is 1.83 bits per heavy atom. The fourth-order valence-electron chi connectivity index (χ4n) is 4.39. The highest BCUT2D eigenvalue weighted by Gasteiger charge is 2.48. The minimum absolute atomic E-state index is 0.221. The molecule has 0 spiro atoms. The highest BCUT2D eigenvalue weighted by Crippen LogP contribution is 2.53. The van der Waals surface area contributed by atoms with E-state index < -0.39 is 0 Å². The van der Waals surface area contributed by atoms with E-state index in [1.165, 1.54) is 11.1 Å². The first-order valence-corrected chi connectivity index (χ1v) is 8.48. The van der Waals surface area contributed by atoms with Gasteiger partial charge in [-0.15, -0.1) is 0 Å². The van der Waals surface area contributed by atoms with Gasteiger partial charge in [-0.05, 0) is 59.8 Å². The molecule has 2 nitrogen and oxygen atoms in total. The molecule has 23 heavy (non-hydrogen) atoms. The predicted octanol–water partition coefficient (Wildman–Crippen LogP) is 4.62. The van der Waals surface area contributed by atoms with Crippen molar-refractivity contribution < 1.29 is 9.59 Å². The van der Waals surface area contributed by atoms with Gasteiger partial charge in [0.15, 0.2) is 0 Å². The van der Waals surface area contributed by atoms with Crippen LogP contribution in [0.3, 0.4) is 0 Å². The molecule has 0 aliphatic heterocycles. The lowest BCUT2D eigenvalue weighted by Gasteiger charge is -2.29. The van der Waals surface area contributed by atoms with Gasteiger partial charge in [0.1, 0.15) is 0 Å². The average molecular weight is 306 g/mol. The zero-order chi connectivity index (χ0) is 16.5. The minimum Gasteiger partial charge on any atom is -0.285 e. The van der Waals surface area contributed by atoms with E-state index in [2.05, 4.69) is 45.9 Å². The van der Waals surface area contributed by atoms with Crippen LogP contribution in [0.5, 0.6) is 0 Å². The normalized spacial score (nSPS) is 25.0. The Labute approximate surface area is 137 Å². The summed E-state index contributed by atoms with van der Waals surface area (Å²) in [5.41, 5.74) is 6.80. The van der Waals surface area contributed by atoms with Crippen molar-refractivity contribution in [2.24, 2.45) is 11.3 Å². The molecule has 0 heterocycles. The molecule has 0 aromatic heterocycles. The van der Waals surface area contributed by atoms with E-state index >= 15 is 0 Å². The molecule has 0 N–H and O–H groups in total. The number of hydrogen-bond acceptors (Lipinski definition) is 2. The standard InChI is InChI=1S/C21H22O2/c1-11-5-6-13-7-8-14-16-10-12(2)21(3,4)18(16)20(23)19(22)17(14)15(13)9-11/h7-9,12H,5-6,10H2,1-4H3. The van der Waals surface area contributed by atoms with Gasteiger partial charge in [0.2, 0.25) is 11.6 Å². The minimum atomic E-state index is -0.302. The lowest BCUT2D eigenvalue weighted by molar-refractivity contribution is -0.112. The van der Waals surface area contributed by atoms with Gasteiger partial charge in [-0.1, -0.05) is 44.6 Å². The van der Waals surface area contributed by atoms with Gasteiger partial charge < -0.3 is 0 Å². The maximum atomic E-state index is 12.9. The van der Waals surface area contributed by atoms with Crippen LogP contribution < -0.4 is 0 Å². The van der Waals surface area contributed by atoms with Crippen LogP contribution in [0, 0.1) is 11.3 Å². The lowest BCUT2D eigenvalue weighted by Crippen LogP contribution is -2.31. The molecule has 118 valence electrons. The monoisotopic (exact) mass is 306 g/mol. The van der Waals surface area contributed by atoms with Crippen LogP contribution >= 0.6 is 0 Å². The smallest absolute Gasteiger partial charge is 0.234 e. The molecule has 3 aliphatic carbocycles. The fourth-order valence-corrected chi connectivity index (χ4v) is 4.39. The van der Waals surface area contributed by atoms with Gasteiger partial charge in [-0.3, -0.25) is 9.59 Å². The third-order valence-electron chi connectivity index (χ3n) is 6.19. The number of aryl methyl sites for hydroxylation is 1. The van der Waals surface area contributed by atoms with Crippen LogP contribution in [0.1, 0.15) is 67.6 Å². The van der Waals surface area contributed by atoms with Gasteiger partial charge in [0.25, 0.3) is 0 Å². The number of carbonyl (C=O) groups is 2. The second-order valence-corrected chi connectivity index (χ2v) is 7.89. The van der Waals surface area contributed by atoms with Crippen LogP contribution in [-0.2, 0) is 11.2 Å². The summed E-state index contributed by atoms with van der Waals surface area (Å²) < 4.78 is 0. The number of Topliss-reactive ketones (excluding diaryl/α,β-unsaturated/α-hetero) is 2. The van der Waals surface area contributed by atoms with E-state index in [1.54, 1.807) is 0 Å². The molecule has 0 fully saturated rings. The second-order valence-electron chi connectivity index (χ2n) is 7.89. The van der Waals surface area contributed by atoms with Crippen LogP contribution in [0.25, 0.3) is 11.6 Å². The summed E-state index contributed by atoms with van der Waals surface area (Å²) in [5.74, 6) is -0.195. The van der Waals surface area contributed by atoms with E-state index in [0.717, 1.165) is 41.5 Å². The number of allylic oxidation sites excluding steroid dienone is 3. The Kier molecular flexibility index (Phi) is 2.88. The quantitative estimate of drug-likeness (QED) is 0.655. The van der Waals surface area contributed by atoms with Crippen molar-refractivity contribution in [3.8, 4) is 0 Å². The van der Waals surface area contributed by atoms with E-state index in [1.807, 2.05) is 0 Å². The van der Waals surface area contributed by atoms with Crippen molar-refractivity contribution >= 4 is 23.2 Å². The largest absolute Gasteiger partial charge is 0.285 e. The summed E-state index contributed by atoms with van der Waals surface area (Å²) in [6.45, 7) is 8.47. The number of rotatable bonds is 0. The molecule has 1 unspecified atom stereocenters. The Bertz CT molecular complexity index is 834. The molecule has 0 radical (unpaired) electrons. The summed E-state index contributed by atoms with van der Waals surface area (Å²) in [4.78, 5) is 25.8.